The number of amides is 2. The van der Waals surface area contributed by atoms with Crippen molar-refractivity contribution in [3.8, 4) is 0 Å². The van der Waals surface area contributed by atoms with Crippen LogP contribution in [-0.4, -0.2) is 78.5 Å². The number of fused-ring (bicyclic) bond motifs is 1. The van der Waals surface area contributed by atoms with Crippen molar-refractivity contribution in [2.24, 2.45) is 7.05 Å². The predicted molar refractivity (Wildman–Crippen MR) is 88.9 cm³/mol. The Morgan fingerprint density at radius 2 is 1.80 bits per heavy atom. The van der Waals surface area contributed by atoms with Crippen molar-refractivity contribution in [2.45, 2.75) is 19.1 Å². The van der Waals surface area contributed by atoms with Crippen molar-refractivity contribution in [3.05, 3.63) is 17.0 Å². The van der Waals surface area contributed by atoms with E-state index in [0.717, 1.165) is 5.69 Å². The number of aromatic nitrogens is 2. The summed E-state index contributed by atoms with van der Waals surface area (Å²) in [5.74, 6) is -0.330. The molecule has 0 aliphatic carbocycles. The summed E-state index contributed by atoms with van der Waals surface area (Å²) in [5, 5.41) is 4.27. The smallest absolute Gasteiger partial charge is 0.409 e. The SMILES string of the molecule is CCOC(=O)N1CCN(C(=O)c2nn(C)c3c2CS(=O)(=O)CC3)CC1. The molecule has 1 aromatic heterocycles. The maximum atomic E-state index is 12.8. The van der Waals surface area contributed by atoms with Gasteiger partial charge in [-0.2, -0.15) is 5.10 Å². The monoisotopic (exact) mass is 370 g/mol. The number of hydrogen-bond acceptors (Lipinski definition) is 6. The van der Waals surface area contributed by atoms with Gasteiger partial charge < -0.3 is 14.5 Å². The molecular weight excluding hydrogens is 348 g/mol. The Morgan fingerprint density at radius 1 is 1.16 bits per heavy atom. The highest BCUT2D eigenvalue weighted by Gasteiger charge is 2.33. The summed E-state index contributed by atoms with van der Waals surface area (Å²) >= 11 is 0. The molecule has 25 heavy (non-hydrogen) atoms. The molecule has 1 fully saturated rings. The first-order valence-electron chi connectivity index (χ1n) is 8.28. The highest BCUT2D eigenvalue weighted by molar-refractivity contribution is 7.90. The number of aryl methyl sites for hydroxylation is 1. The number of nitrogens with zero attached hydrogens (tertiary/aromatic N) is 4. The van der Waals surface area contributed by atoms with Gasteiger partial charge in [0.25, 0.3) is 5.91 Å². The average Bonchev–Trinajstić information content (AvgIpc) is 2.89. The highest BCUT2D eigenvalue weighted by atomic mass is 32.2. The van der Waals surface area contributed by atoms with Crippen molar-refractivity contribution in [3.63, 3.8) is 0 Å². The minimum atomic E-state index is -3.19. The van der Waals surface area contributed by atoms with E-state index in [4.69, 9.17) is 4.74 Å². The van der Waals surface area contributed by atoms with Gasteiger partial charge in [-0.1, -0.05) is 0 Å². The minimum absolute atomic E-state index is 0.0887. The Hall–Kier alpha value is -2.10. The zero-order chi connectivity index (χ0) is 18.2. The third-order valence-corrected chi connectivity index (χ3v) is 6.14. The molecule has 1 saturated heterocycles. The zero-order valence-electron chi connectivity index (χ0n) is 14.4. The number of carbonyl (C=O) groups is 2. The lowest BCUT2D eigenvalue weighted by molar-refractivity contribution is 0.0564. The third-order valence-electron chi connectivity index (χ3n) is 4.58. The summed E-state index contributed by atoms with van der Waals surface area (Å²) in [4.78, 5) is 27.7. The van der Waals surface area contributed by atoms with Crippen LogP contribution in [0.15, 0.2) is 0 Å². The van der Waals surface area contributed by atoms with Crippen molar-refractivity contribution in [1.82, 2.24) is 19.6 Å². The maximum absolute atomic E-state index is 12.8. The molecule has 10 heteroatoms. The Balaban J connectivity index is 1.74. The minimum Gasteiger partial charge on any atom is -0.450 e. The van der Waals surface area contributed by atoms with Gasteiger partial charge in [0.1, 0.15) is 0 Å². The molecule has 0 radical (unpaired) electrons. The van der Waals surface area contributed by atoms with E-state index in [-0.39, 0.29) is 29.2 Å². The highest BCUT2D eigenvalue weighted by Crippen LogP contribution is 2.25. The standard InChI is InChI=1S/C15H22N4O5S/c1-3-24-15(21)19-7-5-18(6-8-19)14(20)13-11-10-25(22,23)9-4-12(11)17(2)16-13/h3-10H2,1-2H3. The van der Waals surface area contributed by atoms with Crippen molar-refractivity contribution < 1.29 is 22.7 Å². The summed E-state index contributed by atoms with van der Waals surface area (Å²) in [6.07, 6.45) is 0.00125. The van der Waals surface area contributed by atoms with Gasteiger partial charge in [-0.15, -0.1) is 0 Å². The van der Waals surface area contributed by atoms with E-state index >= 15 is 0 Å². The van der Waals surface area contributed by atoms with E-state index < -0.39 is 9.84 Å². The first kappa shape index (κ1) is 17.7. The average molecular weight is 370 g/mol. The Morgan fingerprint density at radius 3 is 2.44 bits per heavy atom. The van der Waals surface area contributed by atoms with E-state index in [9.17, 15) is 18.0 Å². The second kappa shape index (κ2) is 6.66. The molecule has 0 aromatic carbocycles. The van der Waals surface area contributed by atoms with Gasteiger partial charge in [0.05, 0.1) is 18.1 Å². The summed E-state index contributed by atoms with van der Waals surface area (Å²) < 4.78 is 30.4. The largest absolute Gasteiger partial charge is 0.450 e. The number of carbonyl (C=O) groups excluding carboxylic acids is 2. The van der Waals surface area contributed by atoms with Crippen molar-refractivity contribution in [1.29, 1.82) is 0 Å². The van der Waals surface area contributed by atoms with Gasteiger partial charge in [-0.05, 0) is 6.92 Å². The van der Waals surface area contributed by atoms with E-state index in [1.807, 2.05) is 0 Å². The summed E-state index contributed by atoms with van der Waals surface area (Å²) in [5.41, 5.74) is 1.54. The molecule has 0 unspecified atom stereocenters. The molecule has 1 aromatic rings. The van der Waals surface area contributed by atoms with Crippen molar-refractivity contribution >= 4 is 21.8 Å². The molecule has 0 saturated carbocycles. The first-order valence-corrected chi connectivity index (χ1v) is 10.1. The van der Waals surface area contributed by atoms with Crippen LogP contribution in [0.2, 0.25) is 0 Å². The fraction of sp³-hybridized carbons (Fsp3) is 0.667. The van der Waals surface area contributed by atoms with Crippen LogP contribution in [0, 0.1) is 0 Å². The summed E-state index contributed by atoms with van der Waals surface area (Å²) in [6, 6.07) is 0. The number of piperazine rings is 1. The molecule has 2 aliphatic rings. The predicted octanol–water partition coefficient (Wildman–Crippen LogP) is -0.195. The molecule has 9 nitrogen and oxygen atoms in total. The number of rotatable bonds is 2. The van der Waals surface area contributed by atoms with Crippen LogP contribution in [0.1, 0.15) is 28.7 Å². The van der Waals surface area contributed by atoms with Crippen LogP contribution in [0.3, 0.4) is 0 Å². The lowest BCUT2D eigenvalue weighted by Crippen LogP contribution is -2.51. The molecule has 0 N–H and O–H groups in total. The molecule has 3 heterocycles. The fourth-order valence-electron chi connectivity index (χ4n) is 3.24. The van der Waals surface area contributed by atoms with Crippen LogP contribution in [0.4, 0.5) is 4.79 Å². The molecule has 0 bridgehead atoms. The van der Waals surface area contributed by atoms with Gasteiger partial charge in [0.2, 0.25) is 0 Å². The van der Waals surface area contributed by atoms with Gasteiger partial charge in [0.15, 0.2) is 15.5 Å². The lowest BCUT2D eigenvalue weighted by atomic mass is 10.1. The Bertz CT molecular complexity index is 793. The first-order chi connectivity index (χ1) is 11.8. The number of hydrogen-bond donors (Lipinski definition) is 0. The fourth-order valence-corrected chi connectivity index (χ4v) is 4.63. The van der Waals surface area contributed by atoms with Crippen LogP contribution >= 0.6 is 0 Å². The second-order valence-electron chi connectivity index (χ2n) is 6.22. The van der Waals surface area contributed by atoms with Crippen LogP contribution in [0.25, 0.3) is 0 Å². The molecule has 3 rings (SSSR count). The molecule has 0 atom stereocenters. The molecule has 0 spiro atoms. The lowest BCUT2D eigenvalue weighted by Gasteiger charge is -2.33. The molecular formula is C15H22N4O5S. The quantitative estimate of drug-likeness (QED) is 0.715. The van der Waals surface area contributed by atoms with Gasteiger partial charge in [0, 0.05) is 50.9 Å². The van der Waals surface area contributed by atoms with Crippen molar-refractivity contribution in [2.75, 3.05) is 38.5 Å². The van der Waals surface area contributed by atoms with Crippen LogP contribution in [-0.2, 0) is 33.8 Å². The Labute approximate surface area is 146 Å². The Kier molecular flexibility index (Phi) is 4.72. The van der Waals surface area contributed by atoms with E-state index in [1.165, 1.54) is 0 Å². The molecule has 2 amide bonds. The number of ether oxygens (including phenoxy) is 1. The third kappa shape index (κ3) is 3.48. The topological polar surface area (TPSA) is 102 Å². The summed E-state index contributed by atoms with van der Waals surface area (Å²) in [7, 11) is -1.46. The van der Waals surface area contributed by atoms with E-state index in [0.29, 0.717) is 44.8 Å². The molecule has 138 valence electrons. The van der Waals surface area contributed by atoms with E-state index in [2.05, 4.69) is 5.10 Å². The van der Waals surface area contributed by atoms with Crippen LogP contribution in [0.5, 0.6) is 0 Å². The van der Waals surface area contributed by atoms with Gasteiger partial charge >= 0.3 is 6.09 Å². The van der Waals surface area contributed by atoms with Gasteiger partial charge in [-0.3, -0.25) is 9.48 Å². The summed E-state index contributed by atoms with van der Waals surface area (Å²) in [6.45, 7) is 3.57. The van der Waals surface area contributed by atoms with Gasteiger partial charge in [-0.25, -0.2) is 13.2 Å². The van der Waals surface area contributed by atoms with E-state index in [1.54, 1.807) is 28.5 Å². The normalized spacial score (nSPS) is 19.4. The zero-order valence-corrected chi connectivity index (χ0v) is 15.2. The second-order valence-corrected chi connectivity index (χ2v) is 8.40. The van der Waals surface area contributed by atoms with Crippen LogP contribution < -0.4 is 0 Å². The molecule has 2 aliphatic heterocycles. The number of sulfone groups is 1. The maximum Gasteiger partial charge on any atom is 0.409 e.